The molecule has 3 rings (SSSR count). The Bertz CT molecular complexity index is 1130. The Kier molecular flexibility index (Phi) is 8.59. The molecule has 0 unspecified atom stereocenters. The van der Waals surface area contributed by atoms with Gasteiger partial charge in [0.25, 0.3) is 5.91 Å². The van der Waals surface area contributed by atoms with Gasteiger partial charge in [-0.15, -0.1) is 0 Å². The predicted octanol–water partition coefficient (Wildman–Crippen LogP) is 5.86. The van der Waals surface area contributed by atoms with Crippen LogP contribution < -0.4 is 10.1 Å². The third kappa shape index (κ3) is 6.40. The van der Waals surface area contributed by atoms with Crippen molar-refractivity contribution >= 4 is 45.8 Å². The zero-order chi connectivity index (χ0) is 24.0. The molecule has 3 aromatic carbocycles. The smallest absolute Gasteiger partial charge is 0.261 e. The lowest BCUT2D eigenvalue weighted by Crippen LogP contribution is -2.51. The van der Waals surface area contributed by atoms with Crippen molar-refractivity contribution in [1.82, 2.24) is 10.2 Å². The van der Waals surface area contributed by atoms with Gasteiger partial charge in [-0.1, -0.05) is 72.6 Å². The van der Waals surface area contributed by atoms with E-state index < -0.39 is 6.04 Å². The number of ether oxygens (including phenoxy) is 1. The maximum absolute atomic E-state index is 13.4. The Balaban J connectivity index is 1.85. The first kappa shape index (κ1) is 24.9. The van der Waals surface area contributed by atoms with Crippen molar-refractivity contribution < 1.29 is 14.3 Å². The first-order valence-electron chi connectivity index (χ1n) is 10.9. The van der Waals surface area contributed by atoms with Crippen LogP contribution >= 0.6 is 23.2 Å². The van der Waals surface area contributed by atoms with E-state index in [4.69, 9.17) is 27.9 Å². The van der Waals surface area contributed by atoms with Gasteiger partial charge >= 0.3 is 0 Å². The molecule has 174 valence electrons. The van der Waals surface area contributed by atoms with Crippen LogP contribution in [0.25, 0.3) is 10.8 Å². The van der Waals surface area contributed by atoms with Gasteiger partial charge < -0.3 is 15.0 Å². The summed E-state index contributed by atoms with van der Waals surface area (Å²) in [5, 5.41) is 5.69. The summed E-state index contributed by atoms with van der Waals surface area (Å²) in [4.78, 5) is 27.8. The lowest BCUT2D eigenvalue weighted by Gasteiger charge is -2.31. The molecule has 0 bridgehead atoms. The molecule has 0 aliphatic rings. The van der Waals surface area contributed by atoms with Crippen molar-refractivity contribution in [3.05, 3.63) is 76.3 Å². The van der Waals surface area contributed by atoms with Crippen molar-refractivity contribution in [2.24, 2.45) is 0 Å². The summed E-state index contributed by atoms with van der Waals surface area (Å²) in [5.74, 6) is 0.126. The number of hydrogen-bond acceptors (Lipinski definition) is 3. The van der Waals surface area contributed by atoms with Gasteiger partial charge in [-0.3, -0.25) is 9.59 Å². The molecule has 0 aliphatic heterocycles. The Morgan fingerprint density at radius 3 is 2.42 bits per heavy atom. The summed E-state index contributed by atoms with van der Waals surface area (Å²) in [5.41, 5.74) is 0.777. The fourth-order valence-corrected chi connectivity index (χ4v) is 4.00. The fourth-order valence-electron chi connectivity index (χ4n) is 3.68. The number of fused-ring (bicyclic) bond motifs is 1. The van der Waals surface area contributed by atoms with Crippen molar-refractivity contribution in [3.8, 4) is 5.75 Å². The van der Waals surface area contributed by atoms with Crippen LogP contribution in [0.1, 0.15) is 32.8 Å². The normalized spacial score (nSPS) is 11.9. The number of nitrogens with zero attached hydrogens (tertiary/aromatic N) is 1. The van der Waals surface area contributed by atoms with Crippen LogP contribution in [0.15, 0.2) is 60.7 Å². The molecule has 5 nitrogen and oxygen atoms in total. The maximum atomic E-state index is 13.4. The molecule has 0 saturated heterocycles. The van der Waals surface area contributed by atoms with E-state index in [1.807, 2.05) is 63.2 Å². The summed E-state index contributed by atoms with van der Waals surface area (Å²) in [6.45, 7) is 5.67. The number of amides is 2. The van der Waals surface area contributed by atoms with Gasteiger partial charge in [-0.05, 0) is 49.4 Å². The molecule has 3 aromatic rings. The number of benzene rings is 3. The summed E-state index contributed by atoms with van der Waals surface area (Å²) in [6.07, 6.45) is 0.458. The third-order valence-corrected chi connectivity index (χ3v) is 5.99. The summed E-state index contributed by atoms with van der Waals surface area (Å²) >= 11 is 12.2. The number of halogens is 2. The number of carbonyl (C=O) groups excluding carboxylic acids is 2. The molecule has 1 N–H and O–H groups in total. The van der Waals surface area contributed by atoms with Crippen LogP contribution in [0.3, 0.4) is 0 Å². The van der Waals surface area contributed by atoms with Gasteiger partial charge in [-0.2, -0.15) is 0 Å². The van der Waals surface area contributed by atoms with E-state index in [1.165, 1.54) is 0 Å². The highest BCUT2D eigenvalue weighted by Gasteiger charge is 2.29. The Morgan fingerprint density at radius 1 is 1.00 bits per heavy atom. The standard InChI is InChI=1S/C26H28Cl2N2O3/c1-4-23(26(32)29-17(2)3)30(15-18-12-13-21(27)22(28)14-18)25(31)16-33-24-11-7-9-19-8-5-6-10-20(19)24/h5-14,17,23H,4,15-16H2,1-3H3,(H,29,32)/t23-/m1/s1. The second-order valence-corrected chi connectivity index (χ2v) is 8.94. The van der Waals surface area contributed by atoms with E-state index >= 15 is 0 Å². The SMILES string of the molecule is CC[C@H](C(=O)NC(C)C)N(Cc1ccc(Cl)c(Cl)c1)C(=O)COc1cccc2ccccc12. The lowest BCUT2D eigenvalue weighted by molar-refractivity contribution is -0.143. The molecule has 2 amide bonds. The average Bonchev–Trinajstić information content (AvgIpc) is 2.79. The number of rotatable bonds is 9. The summed E-state index contributed by atoms with van der Waals surface area (Å²) < 4.78 is 5.93. The van der Waals surface area contributed by atoms with E-state index in [-0.39, 0.29) is 31.0 Å². The lowest BCUT2D eigenvalue weighted by atomic mass is 10.1. The highest BCUT2D eigenvalue weighted by molar-refractivity contribution is 6.42. The molecule has 0 saturated carbocycles. The van der Waals surface area contributed by atoms with Crippen LogP contribution in [-0.4, -0.2) is 35.4 Å². The van der Waals surface area contributed by atoms with Gasteiger partial charge in [0.1, 0.15) is 11.8 Å². The first-order chi connectivity index (χ1) is 15.8. The van der Waals surface area contributed by atoms with Gasteiger partial charge in [0.2, 0.25) is 5.91 Å². The quantitative estimate of drug-likeness (QED) is 0.412. The topological polar surface area (TPSA) is 58.6 Å². The van der Waals surface area contributed by atoms with Crippen molar-refractivity contribution in [2.75, 3.05) is 6.61 Å². The second kappa shape index (κ2) is 11.4. The van der Waals surface area contributed by atoms with Crippen LogP contribution in [0, 0.1) is 0 Å². The summed E-state index contributed by atoms with van der Waals surface area (Å²) in [7, 11) is 0. The molecule has 0 aliphatic carbocycles. The van der Waals surface area contributed by atoms with Crippen molar-refractivity contribution in [3.63, 3.8) is 0 Å². The molecular weight excluding hydrogens is 459 g/mol. The van der Waals surface area contributed by atoms with Gasteiger partial charge in [0.05, 0.1) is 10.0 Å². The van der Waals surface area contributed by atoms with Crippen LogP contribution in [-0.2, 0) is 16.1 Å². The van der Waals surface area contributed by atoms with Crippen molar-refractivity contribution in [1.29, 1.82) is 0 Å². The largest absolute Gasteiger partial charge is 0.483 e. The van der Waals surface area contributed by atoms with E-state index in [2.05, 4.69) is 5.32 Å². The average molecular weight is 487 g/mol. The minimum absolute atomic E-state index is 0.0413. The molecular formula is C26H28Cl2N2O3. The second-order valence-electron chi connectivity index (χ2n) is 8.12. The number of nitrogens with one attached hydrogen (secondary N) is 1. The molecule has 33 heavy (non-hydrogen) atoms. The zero-order valence-electron chi connectivity index (χ0n) is 19.0. The molecule has 1 atom stereocenters. The molecule has 0 spiro atoms. The Hall–Kier alpha value is -2.76. The van der Waals surface area contributed by atoms with Gasteiger partial charge in [0, 0.05) is 18.0 Å². The minimum atomic E-state index is -0.648. The zero-order valence-corrected chi connectivity index (χ0v) is 20.5. The predicted molar refractivity (Wildman–Crippen MR) is 134 cm³/mol. The van der Waals surface area contributed by atoms with Gasteiger partial charge in [0.15, 0.2) is 6.61 Å². The number of hydrogen-bond donors (Lipinski definition) is 1. The first-order valence-corrected chi connectivity index (χ1v) is 11.7. The van der Waals surface area contributed by atoms with E-state index in [9.17, 15) is 9.59 Å². The van der Waals surface area contributed by atoms with Crippen LogP contribution in [0.2, 0.25) is 10.0 Å². The Morgan fingerprint density at radius 2 is 1.73 bits per heavy atom. The maximum Gasteiger partial charge on any atom is 0.261 e. The number of carbonyl (C=O) groups is 2. The molecule has 0 fully saturated rings. The highest BCUT2D eigenvalue weighted by atomic mass is 35.5. The minimum Gasteiger partial charge on any atom is -0.483 e. The fraction of sp³-hybridized carbons (Fsp3) is 0.308. The van der Waals surface area contributed by atoms with Gasteiger partial charge in [-0.25, -0.2) is 0 Å². The van der Waals surface area contributed by atoms with E-state index in [1.54, 1.807) is 23.1 Å². The highest BCUT2D eigenvalue weighted by Crippen LogP contribution is 2.26. The van der Waals surface area contributed by atoms with Crippen LogP contribution in [0.4, 0.5) is 0 Å². The molecule has 7 heteroatoms. The molecule has 0 aromatic heterocycles. The molecule has 0 heterocycles. The van der Waals surface area contributed by atoms with E-state index in [0.29, 0.717) is 22.2 Å². The third-order valence-electron chi connectivity index (χ3n) is 5.25. The van der Waals surface area contributed by atoms with Crippen molar-refractivity contribution in [2.45, 2.75) is 45.8 Å². The molecule has 0 radical (unpaired) electrons. The van der Waals surface area contributed by atoms with E-state index in [0.717, 1.165) is 16.3 Å². The Labute approximate surface area is 204 Å². The summed E-state index contributed by atoms with van der Waals surface area (Å²) in [6, 6.07) is 18.0. The monoisotopic (exact) mass is 486 g/mol. The van der Waals surface area contributed by atoms with Crippen LogP contribution in [0.5, 0.6) is 5.75 Å².